The normalized spacial score (nSPS) is 15.7. The third-order valence-electron chi connectivity index (χ3n) is 2.02. The molecule has 2 rings (SSSR count). The van der Waals surface area contributed by atoms with Crippen molar-refractivity contribution in [1.29, 1.82) is 0 Å². The molecule has 1 aliphatic heterocycles. The van der Waals surface area contributed by atoms with Crippen LogP contribution in [0.5, 0.6) is 0 Å². The summed E-state index contributed by atoms with van der Waals surface area (Å²) in [6.45, 7) is 2.26. The van der Waals surface area contributed by atoms with Gasteiger partial charge in [-0.15, -0.1) is 0 Å². The Labute approximate surface area is 103 Å². The van der Waals surface area contributed by atoms with Gasteiger partial charge in [-0.05, 0) is 0 Å². The first-order valence-electron chi connectivity index (χ1n) is 4.06. The Kier molecular flexibility index (Phi) is 4.12. The van der Waals surface area contributed by atoms with E-state index >= 15 is 0 Å². The molecule has 0 atom stereocenters. The molecule has 1 saturated heterocycles. The van der Waals surface area contributed by atoms with Crippen molar-refractivity contribution >= 4 is 5.97 Å². The van der Waals surface area contributed by atoms with Gasteiger partial charge in [-0.25, -0.2) is 4.98 Å². The molecule has 14 heavy (non-hydrogen) atoms. The number of imidazole rings is 1. The number of aromatic carboxylic acids is 1. The minimum Gasteiger partial charge on any atom is -0.543 e. The summed E-state index contributed by atoms with van der Waals surface area (Å²) in [6, 6.07) is 0. The standard InChI is InChI=1S/C8H10N2O3.Na/c11-8(12)7-2-10(5-9-7)1-6-3-13-4-6;/h2,5-6H,1,3-4H2,(H,11,12);/q;+1/p-1. The Bertz CT molecular complexity index is 322. The summed E-state index contributed by atoms with van der Waals surface area (Å²) in [5.74, 6) is -0.743. The van der Waals surface area contributed by atoms with Crippen molar-refractivity contribution in [1.82, 2.24) is 9.55 Å². The smallest absolute Gasteiger partial charge is 0.543 e. The van der Waals surface area contributed by atoms with Crippen LogP contribution in [0, 0.1) is 5.92 Å². The molecule has 1 aliphatic rings. The van der Waals surface area contributed by atoms with E-state index in [1.165, 1.54) is 12.5 Å². The zero-order chi connectivity index (χ0) is 9.26. The molecule has 0 aromatic carbocycles. The number of carboxylic acid groups (broad SMARTS) is 1. The van der Waals surface area contributed by atoms with Gasteiger partial charge in [0.1, 0.15) is 5.69 Å². The number of hydrogen-bond donors (Lipinski definition) is 0. The van der Waals surface area contributed by atoms with Crippen LogP contribution in [0.3, 0.4) is 0 Å². The molecule has 1 aromatic rings. The molecule has 0 amide bonds. The van der Waals surface area contributed by atoms with Gasteiger partial charge in [0.05, 0.1) is 25.5 Å². The Balaban J connectivity index is 0.000000980. The van der Waals surface area contributed by atoms with Gasteiger partial charge < -0.3 is 19.2 Å². The van der Waals surface area contributed by atoms with Crippen molar-refractivity contribution in [3.8, 4) is 0 Å². The number of carboxylic acids is 1. The van der Waals surface area contributed by atoms with Gasteiger partial charge in [-0.2, -0.15) is 0 Å². The summed E-state index contributed by atoms with van der Waals surface area (Å²) < 4.78 is 6.75. The van der Waals surface area contributed by atoms with Crippen molar-refractivity contribution in [2.75, 3.05) is 13.2 Å². The van der Waals surface area contributed by atoms with Crippen LogP contribution in [-0.4, -0.2) is 28.7 Å². The van der Waals surface area contributed by atoms with Crippen molar-refractivity contribution in [2.24, 2.45) is 5.92 Å². The van der Waals surface area contributed by atoms with Crippen molar-refractivity contribution in [3.63, 3.8) is 0 Å². The fourth-order valence-electron chi connectivity index (χ4n) is 1.25. The van der Waals surface area contributed by atoms with Gasteiger partial charge in [0.15, 0.2) is 0 Å². The minimum atomic E-state index is -1.23. The van der Waals surface area contributed by atoms with E-state index < -0.39 is 5.97 Å². The predicted octanol–water partition coefficient (Wildman–Crippen LogP) is -4.10. The molecule has 6 heteroatoms. The summed E-state index contributed by atoms with van der Waals surface area (Å²) in [7, 11) is 0. The molecule has 2 heterocycles. The number of carbonyl (C=O) groups is 1. The van der Waals surface area contributed by atoms with Crippen LogP contribution >= 0.6 is 0 Å². The number of hydrogen-bond acceptors (Lipinski definition) is 4. The second-order valence-corrected chi connectivity index (χ2v) is 3.15. The van der Waals surface area contributed by atoms with E-state index in [9.17, 15) is 9.90 Å². The molecule has 0 spiro atoms. The average Bonchev–Trinajstić information content (AvgIpc) is 2.44. The third-order valence-corrected chi connectivity index (χ3v) is 2.02. The Morgan fingerprint density at radius 3 is 2.86 bits per heavy atom. The van der Waals surface area contributed by atoms with Crippen LogP contribution < -0.4 is 34.7 Å². The second kappa shape index (κ2) is 4.93. The molecule has 0 aliphatic carbocycles. The summed E-state index contributed by atoms with van der Waals surface area (Å²) >= 11 is 0. The minimum absolute atomic E-state index is 0. The molecule has 5 nitrogen and oxygen atoms in total. The first-order valence-corrected chi connectivity index (χ1v) is 4.06. The molecule has 1 fully saturated rings. The van der Waals surface area contributed by atoms with Crippen LogP contribution in [0.25, 0.3) is 0 Å². The molecule has 0 N–H and O–H groups in total. The maximum Gasteiger partial charge on any atom is 1.00 e. The van der Waals surface area contributed by atoms with E-state index in [0.29, 0.717) is 5.92 Å². The molecular weight excluding hydrogens is 195 g/mol. The fraction of sp³-hybridized carbons (Fsp3) is 0.500. The van der Waals surface area contributed by atoms with Crippen LogP contribution in [-0.2, 0) is 11.3 Å². The number of carbonyl (C=O) groups excluding carboxylic acids is 1. The molecule has 0 radical (unpaired) electrons. The van der Waals surface area contributed by atoms with Crippen LogP contribution in [0.15, 0.2) is 12.5 Å². The quantitative estimate of drug-likeness (QED) is 0.469. The Morgan fingerprint density at radius 1 is 1.71 bits per heavy atom. The largest absolute Gasteiger partial charge is 1.00 e. The number of ether oxygens (including phenoxy) is 1. The van der Waals surface area contributed by atoms with Gasteiger partial charge in [-0.3, -0.25) is 0 Å². The van der Waals surface area contributed by atoms with E-state index in [-0.39, 0.29) is 35.3 Å². The Morgan fingerprint density at radius 2 is 2.43 bits per heavy atom. The first kappa shape index (κ1) is 11.7. The van der Waals surface area contributed by atoms with Gasteiger partial charge in [0, 0.05) is 18.7 Å². The number of aromatic nitrogens is 2. The van der Waals surface area contributed by atoms with E-state index in [4.69, 9.17) is 4.74 Å². The molecule has 1 aromatic heterocycles. The summed E-state index contributed by atoms with van der Waals surface area (Å²) in [5, 5.41) is 10.4. The van der Waals surface area contributed by atoms with E-state index in [1.807, 2.05) is 0 Å². The molecule has 0 saturated carbocycles. The SMILES string of the molecule is O=C([O-])c1cn(CC2COC2)cn1.[Na+]. The van der Waals surface area contributed by atoms with E-state index in [1.54, 1.807) is 4.57 Å². The predicted molar refractivity (Wildman–Crippen MR) is 40.9 cm³/mol. The van der Waals surface area contributed by atoms with Gasteiger partial charge >= 0.3 is 29.6 Å². The van der Waals surface area contributed by atoms with E-state index in [0.717, 1.165) is 19.8 Å². The molecule has 0 bridgehead atoms. The van der Waals surface area contributed by atoms with Gasteiger partial charge in [0.25, 0.3) is 0 Å². The van der Waals surface area contributed by atoms with Crippen LogP contribution in [0.2, 0.25) is 0 Å². The topological polar surface area (TPSA) is 67.2 Å². The number of nitrogens with zero attached hydrogens (tertiary/aromatic N) is 2. The summed E-state index contributed by atoms with van der Waals surface area (Å²) in [6.07, 6.45) is 2.98. The average molecular weight is 204 g/mol. The first-order chi connectivity index (χ1) is 6.25. The fourth-order valence-corrected chi connectivity index (χ4v) is 1.25. The maximum absolute atomic E-state index is 10.4. The second-order valence-electron chi connectivity index (χ2n) is 3.15. The van der Waals surface area contributed by atoms with Gasteiger partial charge in [-0.1, -0.05) is 0 Å². The Hall–Kier alpha value is -0.360. The van der Waals surface area contributed by atoms with Crippen LogP contribution in [0.1, 0.15) is 10.5 Å². The van der Waals surface area contributed by atoms with Crippen LogP contribution in [0.4, 0.5) is 0 Å². The maximum atomic E-state index is 10.4. The third kappa shape index (κ3) is 2.57. The summed E-state index contributed by atoms with van der Waals surface area (Å²) in [5.41, 5.74) is -0.0137. The zero-order valence-corrected chi connectivity index (χ0v) is 9.97. The van der Waals surface area contributed by atoms with Crippen molar-refractivity contribution < 1.29 is 44.2 Å². The summed E-state index contributed by atoms with van der Waals surface area (Å²) in [4.78, 5) is 14.1. The number of rotatable bonds is 3. The molecule has 0 unspecified atom stereocenters. The van der Waals surface area contributed by atoms with Crippen molar-refractivity contribution in [2.45, 2.75) is 6.54 Å². The molecule has 70 valence electrons. The van der Waals surface area contributed by atoms with E-state index in [2.05, 4.69) is 4.98 Å². The molecular formula is C8H9N2NaO3. The van der Waals surface area contributed by atoms with Crippen molar-refractivity contribution in [3.05, 3.63) is 18.2 Å². The van der Waals surface area contributed by atoms with Gasteiger partial charge in [0.2, 0.25) is 0 Å². The monoisotopic (exact) mass is 204 g/mol. The zero-order valence-electron chi connectivity index (χ0n) is 7.97.